The summed E-state index contributed by atoms with van der Waals surface area (Å²) in [4.78, 5) is 12.8. The zero-order chi connectivity index (χ0) is 22.4. The molecular weight excluding hydrogens is 422 g/mol. The third kappa shape index (κ3) is 4.98. The Hall–Kier alpha value is -2.67. The maximum absolute atomic E-state index is 13.9. The van der Waals surface area contributed by atoms with Gasteiger partial charge < -0.3 is 23.5 Å². The van der Waals surface area contributed by atoms with Gasteiger partial charge in [-0.1, -0.05) is 6.07 Å². The molecule has 31 heavy (non-hydrogen) atoms. The van der Waals surface area contributed by atoms with Crippen LogP contribution in [0.1, 0.15) is 42.6 Å². The fraction of sp³-hybridized carbons (Fsp3) is 0.318. The molecule has 0 aliphatic rings. The Morgan fingerprint density at radius 2 is 1.74 bits per heavy atom. The van der Waals surface area contributed by atoms with Crippen molar-refractivity contribution in [3.63, 3.8) is 0 Å². The number of benzene rings is 1. The quantitative estimate of drug-likeness (QED) is 0.320. The Balaban J connectivity index is 2.24. The van der Waals surface area contributed by atoms with Crippen LogP contribution < -0.4 is 5.32 Å². The molecular formula is C22H26FN2O5P. The standard InChI is InChI=1S/C22H26FN2O5P/c1-4-28-22(26)19-15-18-9-7-8-14-25(18)20(19)21(31(27,29-5-2)30-6-3)24-17-12-10-16(23)11-13-17/h7-15,21,24H,4-6H2,1-3H3. The van der Waals surface area contributed by atoms with Crippen LogP contribution in [-0.2, 0) is 18.3 Å². The highest BCUT2D eigenvalue weighted by atomic mass is 31.2. The first kappa shape index (κ1) is 23.0. The number of esters is 1. The van der Waals surface area contributed by atoms with Crippen molar-refractivity contribution in [1.82, 2.24) is 4.40 Å². The number of fused-ring (bicyclic) bond motifs is 1. The van der Waals surface area contributed by atoms with Crippen molar-refractivity contribution in [3.8, 4) is 0 Å². The maximum atomic E-state index is 13.9. The van der Waals surface area contributed by atoms with Gasteiger partial charge in [0.2, 0.25) is 0 Å². The number of nitrogens with zero attached hydrogens (tertiary/aromatic N) is 1. The summed E-state index contributed by atoms with van der Waals surface area (Å²) in [5, 5.41) is 3.14. The largest absolute Gasteiger partial charge is 0.462 e. The van der Waals surface area contributed by atoms with Crippen molar-refractivity contribution in [2.75, 3.05) is 25.1 Å². The lowest BCUT2D eigenvalue weighted by atomic mass is 10.2. The summed E-state index contributed by atoms with van der Waals surface area (Å²) in [6.45, 7) is 5.60. The molecule has 7 nitrogen and oxygen atoms in total. The number of carbonyl (C=O) groups is 1. The number of anilines is 1. The molecule has 166 valence electrons. The van der Waals surface area contributed by atoms with Crippen molar-refractivity contribution >= 4 is 24.8 Å². The van der Waals surface area contributed by atoms with Gasteiger partial charge in [-0.15, -0.1) is 0 Å². The number of hydrogen-bond donors (Lipinski definition) is 1. The van der Waals surface area contributed by atoms with E-state index in [1.54, 1.807) is 43.5 Å². The van der Waals surface area contributed by atoms with Crippen molar-refractivity contribution in [2.24, 2.45) is 0 Å². The van der Waals surface area contributed by atoms with Gasteiger partial charge in [0.05, 0.1) is 31.1 Å². The molecule has 1 unspecified atom stereocenters. The summed E-state index contributed by atoms with van der Waals surface area (Å²) in [5.41, 5.74) is 1.83. The van der Waals surface area contributed by atoms with Crippen LogP contribution in [0, 0.1) is 5.82 Å². The highest BCUT2D eigenvalue weighted by Gasteiger charge is 2.41. The van der Waals surface area contributed by atoms with Crippen LogP contribution >= 0.6 is 7.60 Å². The van der Waals surface area contributed by atoms with Crippen LogP contribution in [-0.4, -0.2) is 30.2 Å². The number of hydrogen-bond acceptors (Lipinski definition) is 6. The molecule has 1 aromatic carbocycles. The summed E-state index contributed by atoms with van der Waals surface area (Å²) < 4.78 is 45.6. The van der Waals surface area contributed by atoms with Gasteiger partial charge in [-0.05, 0) is 63.2 Å². The molecule has 9 heteroatoms. The van der Waals surface area contributed by atoms with E-state index in [0.29, 0.717) is 16.9 Å². The highest BCUT2D eigenvalue weighted by Crippen LogP contribution is 2.61. The first-order valence-electron chi connectivity index (χ1n) is 10.1. The van der Waals surface area contributed by atoms with Crippen LogP contribution in [0.5, 0.6) is 0 Å². The molecule has 0 aliphatic heterocycles. The molecule has 0 bridgehead atoms. The first-order chi connectivity index (χ1) is 14.9. The summed E-state index contributed by atoms with van der Waals surface area (Å²) in [5.74, 6) is -2.01. The highest BCUT2D eigenvalue weighted by molar-refractivity contribution is 7.54. The molecule has 0 spiro atoms. The lowest BCUT2D eigenvalue weighted by Crippen LogP contribution is -2.20. The summed E-state index contributed by atoms with van der Waals surface area (Å²) in [6.07, 6.45) is 1.76. The van der Waals surface area contributed by atoms with Crippen LogP contribution in [0.25, 0.3) is 5.52 Å². The normalized spacial score (nSPS) is 12.6. The van der Waals surface area contributed by atoms with Crippen molar-refractivity contribution in [1.29, 1.82) is 0 Å². The summed E-state index contributed by atoms with van der Waals surface area (Å²) in [6, 6.07) is 12.7. The minimum Gasteiger partial charge on any atom is -0.462 e. The van der Waals surface area contributed by atoms with Gasteiger partial charge in [-0.25, -0.2) is 9.18 Å². The topological polar surface area (TPSA) is 78.3 Å². The van der Waals surface area contributed by atoms with E-state index in [0.717, 1.165) is 0 Å². The predicted octanol–water partition coefficient (Wildman–Crippen LogP) is 5.63. The zero-order valence-corrected chi connectivity index (χ0v) is 18.6. The number of halogens is 1. The number of pyridine rings is 1. The maximum Gasteiger partial charge on any atom is 0.358 e. The van der Waals surface area contributed by atoms with Crippen LogP contribution in [0.4, 0.5) is 10.1 Å². The molecule has 1 N–H and O–H groups in total. The number of aromatic nitrogens is 1. The fourth-order valence-corrected chi connectivity index (χ4v) is 5.31. The number of ether oxygens (including phenoxy) is 1. The van der Waals surface area contributed by atoms with Gasteiger partial charge in [0.25, 0.3) is 0 Å². The minimum absolute atomic E-state index is 0.136. The number of rotatable bonds is 10. The SMILES string of the molecule is CCOC(=O)c1cc2ccccn2c1C(Nc1ccc(F)cc1)P(=O)(OCC)OCC. The Morgan fingerprint density at radius 1 is 1.06 bits per heavy atom. The minimum atomic E-state index is -3.82. The molecule has 3 aromatic rings. The van der Waals surface area contributed by atoms with Gasteiger partial charge in [0.1, 0.15) is 5.82 Å². The van der Waals surface area contributed by atoms with E-state index >= 15 is 0 Å². The van der Waals surface area contributed by atoms with E-state index in [1.165, 1.54) is 24.3 Å². The van der Waals surface area contributed by atoms with Gasteiger partial charge in [-0.2, -0.15) is 0 Å². The predicted molar refractivity (Wildman–Crippen MR) is 117 cm³/mol. The van der Waals surface area contributed by atoms with E-state index in [4.69, 9.17) is 13.8 Å². The van der Waals surface area contributed by atoms with E-state index in [-0.39, 0.29) is 25.4 Å². The Bertz CT molecular complexity index is 1070. The molecule has 0 amide bonds. The molecule has 2 aromatic heterocycles. The zero-order valence-electron chi connectivity index (χ0n) is 17.7. The number of carbonyl (C=O) groups excluding carboxylic acids is 1. The third-order valence-corrected chi connectivity index (χ3v) is 6.80. The first-order valence-corrected chi connectivity index (χ1v) is 11.7. The summed E-state index contributed by atoms with van der Waals surface area (Å²) >= 11 is 0. The molecule has 3 rings (SSSR count). The lowest BCUT2D eigenvalue weighted by molar-refractivity contribution is 0.0525. The molecule has 0 saturated carbocycles. The van der Waals surface area contributed by atoms with Crippen molar-refractivity contribution in [3.05, 3.63) is 71.8 Å². The van der Waals surface area contributed by atoms with E-state index in [9.17, 15) is 13.8 Å². The molecule has 0 radical (unpaired) electrons. The Morgan fingerprint density at radius 3 is 2.35 bits per heavy atom. The average molecular weight is 448 g/mol. The second-order valence-electron chi connectivity index (χ2n) is 6.59. The summed E-state index contributed by atoms with van der Waals surface area (Å²) in [7, 11) is -3.82. The smallest absolute Gasteiger partial charge is 0.358 e. The van der Waals surface area contributed by atoms with Crippen molar-refractivity contribution < 1.29 is 27.5 Å². The Labute approximate surface area is 180 Å². The van der Waals surface area contributed by atoms with E-state index in [2.05, 4.69) is 5.32 Å². The van der Waals surface area contributed by atoms with E-state index in [1.807, 2.05) is 12.1 Å². The van der Waals surface area contributed by atoms with Gasteiger partial charge in [0.15, 0.2) is 5.78 Å². The fourth-order valence-electron chi connectivity index (χ4n) is 3.34. The monoisotopic (exact) mass is 448 g/mol. The third-order valence-electron chi connectivity index (χ3n) is 4.56. The van der Waals surface area contributed by atoms with Gasteiger partial charge in [0, 0.05) is 17.4 Å². The van der Waals surface area contributed by atoms with Crippen molar-refractivity contribution in [2.45, 2.75) is 26.6 Å². The van der Waals surface area contributed by atoms with Gasteiger partial charge >= 0.3 is 13.6 Å². The van der Waals surface area contributed by atoms with E-state index < -0.39 is 25.2 Å². The van der Waals surface area contributed by atoms with Crippen LogP contribution in [0.15, 0.2) is 54.7 Å². The molecule has 1 atom stereocenters. The second-order valence-corrected chi connectivity index (χ2v) is 8.70. The Kier molecular flexibility index (Phi) is 7.49. The lowest BCUT2D eigenvalue weighted by Gasteiger charge is -2.28. The molecule has 2 heterocycles. The second kappa shape index (κ2) is 10.1. The molecule has 0 aliphatic carbocycles. The molecule has 0 fully saturated rings. The average Bonchev–Trinajstić information content (AvgIpc) is 3.13. The van der Waals surface area contributed by atoms with Crippen LogP contribution in [0.2, 0.25) is 0 Å². The molecule has 0 saturated heterocycles. The van der Waals surface area contributed by atoms with Gasteiger partial charge in [-0.3, -0.25) is 4.57 Å². The number of nitrogens with one attached hydrogen (secondary N) is 1. The van der Waals surface area contributed by atoms with Crippen LogP contribution in [0.3, 0.4) is 0 Å².